The summed E-state index contributed by atoms with van der Waals surface area (Å²) in [7, 11) is 0. The van der Waals surface area contributed by atoms with E-state index < -0.39 is 0 Å². The number of anilines is 11. The molecule has 0 fully saturated rings. The van der Waals surface area contributed by atoms with Crippen LogP contribution in [-0.2, 0) is 22.9 Å². The van der Waals surface area contributed by atoms with Gasteiger partial charge in [0.05, 0.1) is 35.3 Å². The van der Waals surface area contributed by atoms with E-state index >= 15 is 0 Å². The summed E-state index contributed by atoms with van der Waals surface area (Å²) in [5.41, 5.74) is 93.5. The average molecular weight is 1780 g/mol. The molecule has 0 aliphatic carbocycles. The predicted molar refractivity (Wildman–Crippen MR) is 551 cm³/mol. The quantitative estimate of drug-likeness (QED) is 0.0670. The van der Waals surface area contributed by atoms with Crippen LogP contribution < -0.4 is 74.5 Å². The Balaban J connectivity index is 0.000000133. The molecule has 22 rings (SSSR count). The van der Waals surface area contributed by atoms with E-state index in [0.717, 1.165) is 131 Å². The number of pyridine rings is 5. The van der Waals surface area contributed by atoms with Crippen molar-refractivity contribution in [3.05, 3.63) is 357 Å². The largest absolute Gasteiger partial charge is 0.397 e. The van der Waals surface area contributed by atoms with Gasteiger partial charge in [0.25, 0.3) is 0 Å². The highest BCUT2D eigenvalue weighted by molar-refractivity contribution is 6.01. The van der Waals surface area contributed by atoms with Crippen LogP contribution in [0.3, 0.4) is 0 Å². The third kappa shape index (κ3) is 25.6. The van der Waals surface area contributed by atoms with Crippen molar-refractivity contribution in [1.82, 2.24) is 65.5 Å². The lowest BCUT2D eigenvalue weighted by molar-refractivity contribution is 0.125. The minimum absolute atomic E-state index is 0.421. The first-order valence-electron chi connectivity index (χ1n) is 42.5. The van der Waals surface area contributed by atoms with Crippen LogP contribution in [0.25, 0.3) is 97.2 Å². The number of aromatic nitrogens is 13. The van der Waals surface area contributed by atoms with E-state index in [1.54, 1.807) is 31.0 Å². The van der Waals surface area contributed by atoms with Crippen molar-refractivity contribution in [3.63, 3.8) is 0 Å². The maximum Gasteiger partial charge on any atom is 0.170 e. The van der Waals surface area contributed by atoms with E-state index in [0.29, 0.717) is 83.1 Å². The number of nitrogens with two attached hydrogens (primary N) is 13. The number of amidine groups is 2. The molecule has 0 bridgehead atoms. The minimum Gasteiger partial charge on any atom is -0.397 e. The van der Waals surface area contributed by atoms with E-state index in [2.05, 4.69) is 144 Å². The molecule has 26 N–H and O–H groups in total. The van der Waals surface area contributed by atoms with Crippen molar-refractivity contribution in [3.8, 4) is 0 Å². The van der Waals surface area contributed by atoms with Gasteiger partial charge in [-0.15, -0.1) is 20.4 Å². The van der Waals surface area contributed by atoms with Gasteiger partial charge >= 0.3 is 0 Å². The van der Waals surface area contributed by atoms with Gasteiger partial charge in [-0.25, -0.2) is 29.9 Å². The highest BCUT2D eigenvalue weighted by Crippen LogP contribution is 2.29. The second kappa shape index (κ2) is 44.3. The molecule has 0 unspecified atom stereocenters. The number of nitrogens with zero attached hydrogens (tertiary/aromatic N) is 15. The maximum absolute atomic E-state index is 5.74. The number of fused-ring (bicyclic) bond motifs is 11. The summed E-state index contributed by atoms with van der Waals surface area (Å²) in [5, 5.41) is 46.4. The molecule has 11 heterocycles. The lowest BCUT2D eigenvalue weighted by atomic mass is 10.0. The van der Waals surface area contributed by atoms with Crippen LogP contribution in [0.2, 0.25) is 0 Å². The smallest absolute Gasteiger partial charge is 0.170 e. The SMILES string of the molecule is Cc1ccc2c(N)cncc2c1.Cc1ccc2c(N)nc(N)cc2c1.Cc1ccc2c(N)nccc2c1.Cc1ccc2c(N)nnc(N)c2c1.Cc1ccc2c(N)nncc2c1.Cc1ccc2c(c1)C(N)=NOC2.Cc1ccc2c(c1)CON=C2N.Cc1ccc2ccc(N)nc2c1.Cc1ccc2ccnc(N)c2c1.Cc1ccc2cnnc(N)c2c1.Cc1ccc2ncnc(N)c2c1. The zero-order valence-electron chi connectivity index (χ0n) is 76.4. The van der Waals surface area contributed by atoms with Crippen molar-refractivity contribution in [2.24, 2.45) is 21.8 Å². The molecule has 20 aromatic rings. The number of oxime groups is 2. The van der Waals surface area contributed by atoms with Crippen LogP contribution >= 0.6 is 0 Å². The Morgan fingerprint density at radius 2 is 0.664 bits per heavy atom. The molecule has 134 heavy (non-hydrogen) atoms. The van der Waals surface area contributed by atoms with Crippen molar-refractivity contribution >= 4 is 173 Å². The van der Waals surface area contributed by atoms with E-state index in [4.69, 9.17) is 84.2 Å². The van der Waals surface area contributed by atoms with Crippen molar-refractivity contribution < 1.29 is 9.68 Å². The Hall–Kier alpha value is -17.8. The maximum atomic E-state index is 5.74. The standard InChI is InChI=1S/C10H11N3.4C10H10N2.C9H10N4.3C9H9N3.2C9H10N2O/c1-6-2-3-8-7(4-6)5-9(11)13-10(8)12;1-7-2-3-9-8(4-7)5-12-6-10(9)11;1-7-2-3-9-8(6-7)4-5-12-10(9)11;1-7-2-3-8-4-5-12-10(11)9(8)6-7;1-7-2-3-8-4-5-10(11)12-9(8)6-7;1-5-2-3-6-7(4-5)9(11)13-12-8(6)10;1-6-2-3-8-7(4-6)9(10)12-5-11-8;1-6-2-3-8-7(4-6)5-11-12-9(8)10;1-6-2-3-7-5-11-12-9(10)8(7)4-6;1-6-2-3-8-7(4-6)5-12-11-9(8)10;1-6-2-3-7-5-12-11-9(10)8(7)4-6/h2-5H,1H3,(H4,11,12,13);2-6H,11H2,1H3;3*2-6H,1H3,(H2,11,12);2-4H,1H3,(H2,10,12)(H2,11,13);2-5H,1H3,(H2,10,11,12);2*2-5H,1H3,(H2,10,12);2*2-4H,5H2,1H3,(H2,10,11). The molecule has 0 atom stereocenters. The zero-order chi connectivity index (χ0) is 95.8. The van der Waals surface area contributed by atoms with Crippen molar-refractivity contribution in [2.75, 3.05) is 63.1 Å². The molecule has 9 aromatic heterocycles. The van der Waals surface area contributed by atoms with Gasteiger partial charge < -0.3 is 84.2 Å². The molecule has 676 valence electrons. The summed E-state index contributed by atoms with van der Waals surface area (Å²) in [4.78, 5) is 38.1. The zero-order valence-corrected chi connectivity index (χ0v) is 76.4. The van der Waals surface area contributed by atoms with Gasteiger partial charge in [0.1, 0.15) is 54.4 Å². The first kappa shape index (κ1) is 95.3. The number of rotatable bonds is 0. The Bertz CT molecular complexity index is 7230. The van der Waals surface area contributed by atoms with Crippen LogP contribution in [0.15, 0.2) is 284 Å². The van der Waals surface area contributed by atoms with Gasteiger partial charge in [0.2, 0.25) is 0 Å². The molecule has 30 nitrogen and oxygen atoms in total. The van der Waals surface area contributed by atoms with Crippen LogP contribution in [0.4, 0.5) is 63.9 Å². The second-order valence-electron chi connectivity index (χ2n) is 32.1. The molecule has 0 amide bonds. The lowest BCUT2D eigenvalue weighted by Crippen LogP contribution is -2.20. The molecular weight excluding hydrogens is 1670 g/mol. The topological polar surface area (TPSA) is 549 Å². The summed E-state index contributed by atoms with van der Waals surface area (Å²) >= 11 is 0. The van der Waals surface area contributed by atoms with Crippen molar-refractivity contribution in [2.45, 2.75) is 89.4 Å². The van der Waals surface area contributed by atoms with E-state index in [9.17, 15) is 0 Å². The van der Waals surface area contributed by atoms with Gasteiger partial charge in [-0.1, -0.05) is 212 Å². The van der Waals surface area contributed by atoms with Gasteiger partial charge in [0.15, 0.2) is 34.9 Å². The van der Waals surface area contributed by atoms with Crippen molar-refractivity contribution in [1.29, 1.82) is 0 Å². The van der Waals surface area contributed by atoms with Gasteiger partial charge in [-0.2, -0.15) is 10.2 Å². The van der Waals surface area contributed by atoms with Crippen LogP contribution in [-0.4, -0.2) is 77.2 Å². The molecule has 0 saturated carbocycles. The Kier molecular flexibility index (Phi) is 31.5. The molecular formula is C104H108N28O2. The van der Waals surface area contributed by atoms with Gasteiger partial charge in [-0.3, -0.25) is 4.98 Å². The first-order chi connectivity index (χ1) is 64.3. The van der Waals surface area contributed by atoms with E-state index in [-0.39, 0.29) is 0 Å². The van der Waals surface area contributed by atoms with Gasteiger partial charge in [-0.05, 0) is 183 Å². The Labute approximate surface area is 775 Å². The highest BCUT2D eigenvalue weighted by atomic mass is 16.6. The summed E-state index contributed by atoms with van der Waals surface area (Å²) in [6.07, 6.45) is 11.9. The predicted octanol–water partition coefficient (Wildman–Crippen LogP) is 18.2. The molecule has 2 aliphatic heterocycles. The van der Waals surface area contributed by atoms with Crippen LogP contribution in [0, 0.1) is 76.2 Å². The average Bonchev–Trinajstić information content (AvgIpc) is 0.808. The second-order valence-corrected chi connectivity index (χ2v) is 32.1. The molecule has 0 spiro atoms. The normalized spacial score (nSPS) is 11.2. The van der Waals surface area contributed by atoms with Crippen LogP contribution in [0.1, 0.15) is 83.5 Å². The third-order valence-corrected chi connectivity index (χ3v) is 21.1. The summed E-state index contributed by atoms with van der Waals surface area (Å²) in [6, 6.07) is 76.2. The number of benzene rings is 11. The number of hydrogen-bond donors (Lipinski definition) is 13. The molecule has 0 radical (unpaired) electrons. The number of hydrogen-bond acceptors (Lipinski definition) is 30. The Morgan fingerprint density at radius 3 is 1.31 bits per heavy atom. The monoisotopic (exact) mass is 1780 g/mol. The third-order valence-electron chi connectivity index (χ3n) is 21.1. The van der Waals surface area contributed by atoms with E-state index in [1.165, 1.54) is 62.0 Å². The molecule has 30 heteroatoms. The molecule has 2 aliphatic rings. The first-order valence-corrected chi connectivity index (χ1v) is 42.5. The fraction of sp³-hybridized carbons (Fsp3) is 0.125. The summed E-state index contributed by atoms with van der Waals surface area (Å²) < 4.78 is 0. The molecule has 11 aromatic carbocycles. The van der Waals surface area contributed by atoms with Crippen LogP contribution in [0.5, 0.6) is 0 Å². The lowest BCUT2D eigenvalue weighted by Gasteiger charge is -2.13. The molecule has 0 saturated heterocycles. The van der Waals surface area contributed by atoms with Gasteiger partial charge in [0, 0.05) is 111 Å². The number of aryl methyl sites for hydroxylation is 11. The highest BCUT2D eigenvalue weighted by Gasteiger charge is 2.15. The summed E-state index contributed by atoms with van der Waals surface area (Å²) in [5.74, 6) is 6.07. The Morgan fingerprint density at radius 1 is 0.239 bits per heavy atom. The minimum atomic E-state index is 0.421. The fourth-order valence-corrected chi connectivity index (χ4v) is 14.1. The summed E-state index contributed by atoms with van der Waals surface area (Å²) in [6.45, 7) is 23.5. The number of nitrogen functional groups attached to an aromatic ring is 11. The van der Waals surface area contributed by atoms with E-state index in [1.807, 2.05) is 244 Å². The fourth-order valence-electron chi connectivity index (χ4n) is 14.1.